The summed E-state index contributed by atoms with van der Waals surface area (Å²) in [4.78, 5) is 17.0. The van der Waals surface area contributed by atoms with E-state index in [-0.39, 0.29) is 12.1 Å². The number of ether oxygens (including phenoxy) is 2. The van der Waals surface area contributed by atoms with E-state index in [9.17, 15) is 4.79 Å². The first-order valence-electron chi connectivity index (χ1n) is 9.32. The number of carbonyl (C=O) groups excluding carboxylic acids is 1. The van der Waals surface area contributed by atoms with Gasteiger partial charge >= 0.3 is 5.97 Å². The van der Waals surface area contributed by atoms with Crippen molar-refractivity contribution >= 4 is 11.9 Å². The minimum absolute atomic E-state index is 0.0999. The van der Waals surface area contributed by atoms with Crippen molar-refractivity contribution < 1.29 is 14.3 Å². The summed E-state index contributed by atoms with van der Waals surface area (Å²) in [5.41, 5.74) is 2.19. The zero-order valence-electron chi connectivity index (χ0n) is 16.2. The molecule has 1 aromatic carbocycles. The Labute approximate surface area is 159 Å². The van der Waals surface area contributed by atoms with E-state index in [1.165, 1.54) is 6.33 Å². The molecule has 144 valence electrons. The number of hydrogen-bond acceptors (Lipinski definition) is 6. The highest BCUT2D eigenvalue weighted by Gasteiger charge is 2.34. The summed E-state index contributed by atoms with van der Waals surface area (Å²) in [6.07, 6.45) is 3.39. The molecule has 0 spiro atoms. The third-order valence-corrected chi connectivity index (χ3v) is 4.31. The molecule has 1 aromatic heterocycles. The second kappa shape index (κ2) is 8.24. The first kappa shape index (κ1) is 18.9. The second-order valence-electron chi connectivity index (χ2n) is 6.82. The fourth-order valence-corrected chi connectivity index (χ4v) is 3.05. The number of esters is 1. The van der Waals surface area contributed by atoms with Gasteiger partial charge in [0.2, 0.25) is 5.95 Å². The van der Waals surface area contributed by atoms with Crippen LogP contribution >= 0.6 is 0 Å². The van der Waals surface area contributed by atoms with Crippen LogP contribution < -0.4 is 10.1 Å². The van der Waals surface area contributed by atoms with Crippen molar-refractivity contribution in [2.75, 3.05) is 11.9 Å². The highest BCUT2D eigenvalue weighted by Crippen LogP contribution is 2.35. The molecule has 0 fully saturated rings. The summed E-state index contributed by atoms with van der Waals surface area (Å²) < 4.78 is 12.9. The van der Waals surface area contributed by atoms with Crippen LogP contribution in [0.25, 0.3) is 0 Å². The Bertz CT molecular complexity index is 824. The predicted molar refractivity (Wildman–Crippen MR) is 103 cm³/mol. The number of allylic oxidation sites excluding steroid dienone is 1. The van der Waals surface area contributed by atoms with Crippen LogP contribution in [0.1, 0.15) is 52.1 Å². The Morgan fingerprint density at radius 1 is 1.30 bits per heavy atom. The molecular weight excluding hydrogens is 344 g/mol. The molecule has 1 atom stereocenters. The minimum Gasteiger partial charge on any atom is -0.491 e. The molecule has 0 saturated heterocycles. The van der Waals surface area contributed by atoms with Crippen molar-refractivity contribution in [2.45, 2.75) is 52.7 Å². The summed E-state index contributed by atoms with van der Waals surface area (Å²) >= 11 is 0. The van der Waals surface area contributed by atoms with Crippen molar-refractivity contribution in [3.63, 3.8) is 0 Å². The van der Waals surface area contributed by atoms with Crippen LogP contribution in [0.15, 0.2) is 41.9 Å². The number of rotatable bonds is 7. The molecule has 1 aliphatic rings. The quantitative estimate of drug-likeness (QED) is 0.591. The lowest BCUT2D eigenvalue weighted by Gasteiger charge is -2.28. The number of carbonyl (C=O) groups is 1. The fraction of sp³-hybridized carbons (Fsp3) is 0.450. The number of hydrogen-bond donors (Lipinski definition) is 1. The van der Waals surface area contributed by atoms with Crippen molar-refractivity contribution in [1.29, 1.82) is 0 Å². The molecular formula is C20H26N4O3. The molecule has 0 saturated carbocycles. The molecule has 0 radical (unpaired) electrons. The molecule has 2 heterocycles. The first-order chi connectivity index (χ1) is 13.0. The summed E-state index contributed by atoms with van der Waals surface area (Å²) in [6.45, 7) is 8.30. The van der Waals surface area contributed by atoms with Crippen molar-refractivity contribution in [3.8, 4) is 5.75 Å². The van der Waals surface area contributed by atoms with Crippen LogP contribution in [0.5, 0.6) is 5.75 Å². The summed E-state index contributed by atoms with van der Waals surface area (Å²) in [5, 5.41) is 7.46. The maximum Gasteiger partial charge on any atom is 0.338 e. The predicted octanol–water partition coefficient (Wildman–Crippen LogP) is 3.70. The van der Waals surface area contributed by atoms with Crippen LogP contribution in [-0.2, 0) is 9.53 Å². The van der Waals surface area contributed by atoms with Gasteiger partial charge in [-0.05, 0) is 44.9 Å². The van der Waals surface area contributed by atoms with E-state index in [1.54, 1.807) is 4.68 Å². The highest BCUT2D eigenvalue weighted by atomic mass is 16.5. The van der Waals surface area contributed by atoms with E-state index in [1.807, 2.05) is 45.0 Å². The number of nitrogens with zero attached hydrogens (tertiary/aromatic N) is 3. The Kier molecular flexibility index (Phi) is 5.78. The lowest BCUT2D eigenvalue weighted by Crippen LogP contribution is -2.29. The van der Waals surface area contributed by atoms with Crippen molar-refractivity contribution in [1.82, 2.24) is 14.8 Å². The fourth-order valence-electron chi connectivity index (χ4n) is 3.05. The first-order valence-corrected chi connectivity index (χ1v) is 9.32. The summed E-state index contributed by atoms with van der Waals surface area (Å²) in [7, 11) is 0. The molecule has 7 heteroatoms. The van der Waals surface area contributed by atoms with Gasteiger partial charge in [0.05, 0.1) is 18.3 Å². The van der Waals surface area contributed by atoms with Gasteiger partial charge in [-0.25, -0.2) is 9.48 Å². The Balaban J connectivity index is 1.94. The molecule has 1 aliphatic heterocycles. The van der Waals surface area contributed by atoms with Gasteiger partial charge in [0.1, 0.15) is 18.1 Å². The molecule has 27 heavy (non-hydrogen) atoms. The topological polar surface area (TPSA) is 78.3 Å². The van der Waals surface area contributed by atoms with E-state index in [0.717, 1.165) is 29.9 Å². The van der Waals surface area contributed by atoms with Crippen LogP contribution in [-0.4, -0.2) is 33.4 Å². The van der Waals surface area contributed by atoms with E-state index < -0.39 is 6.04 Å². The lowest BCUT2D eigenvalue weighted by atomic mass is 9.95. The third-order valence-electron chi connectivity index (χ3n) is 4.31. The SMILES string of the molecule is CCCCOC(=O)C1=C(C)Nc2ncnn2C1c1ccc(OC(C)C)cc1. The van der Waals surface area contributed by atoms with Gasteiger partial charge in [-0.1, -0.05) is 25.5 Å². The smallest absolute Gasteiger partial charge is 0.338 e. The second-order valence-corrected chi connectivity index (χ2v) is 6.82. The Hall–Kier alpha value is -2.83. The number of nitrogens with one attached hydrogen (secondary N) is 1. The zero-order valence-corrected chi connectivity index (χ0v) is 16.2. The van der Waals surface area contributed by atoms with Gasteiger partial charge in [0, 0.05) is 5.70 Å². The van der Waals surface area contributed by atoms with E-state index in [2.05, 4.69) is 22.3 Å². The van der Waals surface area contributed by atoms with Gasteiger partial charge in [-0.3, -0.25) is 0 Å². The minimum atomic E-state index is -0.397. The molecule has 1 N–H and O–H groups in total. The molecule has 7 nitrogen and oxygen atoms in total. The summed E-state index contributed by atoms with van der Waals surface area (Å²) in [6, 6.07) is 7.32. The molecule has 2 aromatic rings. The molecule has 0 amide bonds. The number of unbranched alkanes of at least 4 members (excludes halogenated alkanes) is 1. The maximum atomic E-state index is 12.8. The van der Waals surface area contributed by atoms with E-state index in [0.29, 0.717) is 18.1 Å². The molecule has 0 aliphatic carbocycles. The van der Waals surface area contributed by atoms with Crippen LogP contribution in [0.4, 0.5) is 5.95 Å². The molecule has 3 rings (SSSR count). The number of fused-ring (bicyclic) bond motifs is 1. The zero-order chi connectivity index (χ0) is 19.4. The summed E-state index contributed by atoms with van der Waals surface area (Å²) in [5.74, 6) is 1.06. The number of anilines is 1. The van der Waals surface area contributed by atoms with Crippen molar-refractivity contribution in [2.24, 2.45) is 0 Å². The van der Waals surface area contributed by atoms with Gasteiger partial charge < -0.3 is 14.8 Å². The maximum absolute atomic E-state index is 12.8. The number of benzene rings is 1. The average Bonchev–Trinajstić information content (AvgIpc) is 3.09. The normalized spacial score (nSPS) is 16.1. The lowest BCUT2D eigenvalue weighted by molar-refractivity contribution is -0.139. The largest absolute Gasteiger partial charge is 0.491 e. The van der Waals surface area contributed by atoms with Gasteiger partial charge in [-0.2, -0.15) is 10.1 Å². The van der Waals surface area contributed by atoms with Gasteiger partial charge in [-0.15, -0.1) is 0 Å². The van der Waals surface area contributed by atoms with Crippen LogP contribution in [0.2, 0.25) is 0 Å². The Morgan fingerprint density at radius 3 is 2.70 bits per heavy atom. The number of aromatic nitrogens is 3. The molecule has 1 unspecified atom stereocenters. The third kappa shape index (κ3) is 4.13. The van der Waals surface area contributed by atoms with Crippen LogP contribution in [0, 0.1) is 0 Å². The Morgan fingerprint density at radius 2 is 2.04 bits per heavy atom. The van der Waals surface area contributed by atoms with E-state index in [4.69, 9.17) is 9.47 Å². The highest BCUT2D eigenvalue weighted by molar-refractivity contribution is 5.92. The standard InChI is InChI=1S/C20H26N4O3/c1-5-6-11-26-19(25)17-14(4)23-20-21-12-22-24(20)18(17)15-7-9-16(10-8-15)27-13(2)3/h7-10,12-13,18H,5-6,11H2,1-4H3,(H,21,22,23). The van der Waals surface area contributed by atoms with Gasteiger partial charge in [0.25, 0.3) is 0 Å². The van der Waals surface area contributed by atoms with Crippen LogP contribution in [0.3, 0.4) is 0 Å². The van der Waals surface area contributed by atoms with Gasteiger partial charge in [0.15, 0.2) is 0 Å². The average molecular weight is 370 g/mol. The monoisotopic (exact) mass is 370 g/mol. The van der Waals surface area contributed by atoms with Crippen molar-refractivity contribution in [3.05, 3.63) is 47.4 Å². The molecule has 0 bridgehead atoms. The van der Waals surface area contributed by atoms with E-state index >= 15 is 0 Å².